The van der Waals surface area contributed by atoms with Gasteiger partial charge < -0.3 is 10.4 Å². The number of benzene rings is 1. The van der Waals surface area contributed by atoms with Crippen molar-refractivity contribution >= 4 is 0 Å². The molecule has 0 radical (unpaired) electrons. The van der Waals surface area contributed by atoms with Crippen molar-refractivity contribution in [1.82, 2.24) is 0 Å². The van der Waals surface area contributed by atoms with Gasteiger partial charge >= 0.3 is 0 Å². The zero-order valence-corrected chi connectivity index (χ0v) is 10.9. The van der Waals surface area contributed by atoms with Gasteiger partial charge in [0, 0.05) is 5.41 Å². The monoisotopic (exact) mass is 232 g/mol. The molecule has 0 spiro atoms. The van der Waals surface area contributed by atoms with Crippen LogP contribution in [-0.4, -0.2) is 18.2 Å². The van der Waals surface area contributed by atoms with Crippen LogP contribution < -0.4 is 5.32 Å². The van der Waals surface area contributed by atoms with E-state index in [1.54, 1.807) is 0 Å². The molecule has 0 heterocycles. The molecule has 0 saturated heterocycles. The number of hydrogen-bond acceptors (Lipinski definition) is 1. The van der Waals surface area contributed by atoms with E-state index in [0.29, 0.717) is 6.54 Å². The Morgan fingerprint density at radius 3 is 2.47 bits per heavy atom. The summed E-state index contributed by atoms with van der Waals surface area (Å²) in [7, 11) is 0. The quantitative estimate of drug-likeness (QED) is 0.596. The van der Waals surface area contributed by atoms with Crippen molar-refractivity contribution in [2.24, 2.45) is 5.41 Å². The summed E-state index contributed by atoms with van der Waals surface area (Å²) in [6.07, 6.45) is -0.410. The molecule has 0 aliphatic rings. The van der Waals surface area contributed by atoms with E-state index in [4.69, 9.17) is 0 Å². The Morgan fingerprint density at radius 2 is 1.88 bits per heavy atom. The van der Waals surface area contributed by atoms with Crippen LogP contribution in [0.2, 0.25) is 0 Å². The van der Waals surface area contributed by atoms with E-state index >= 15 is 0 Å². The lowest BCUT2D eigenvalue weighted by Crippen LogP contribution is -2.85. The maximum Gasteiger partial charge on any atom is 0.137 e. The van der Waals surface area contributed by atoms with Crippen molar-refractivity contribution in [2.75, 3.05) is 13.1 Å². The third-order valence-corrected chi connectivity index (χ3v) is 2.28. The Bertz CT molecular complexity index is 381. The summed E-state index contributed by atoms with van der Waals surface area (Å²) in [6.45, 7) is 7.68. The van der Waals surface area contributed by atoms with Crippen molar-refractivity contribution in [3.8, 4) is 11.8 Å². The summed E-state index contributed by atoms with van der Waals surface area (Å²) >= 11 is 0. The molecule has 3 N–H and O–H groups in total. The normalized spacial score (nSPS) is 12.7. The maximum absolute atomic E-state index is 9.90. The molecule has 1 rings (SSSR count). The number of hydrogen-bond donors (Lipinski definition) is 2. The number of quaternary nitrogens is 1. The Morgan fingerprint density at radius 1 is 1.24 bits per heavy atom. The van der Waals surface area contributed by atoms with E-state index in [-0.39, 0.29) is 5.41 Å². The van der Waals surface area contributed by atoms with Crippen LogP contribution >= 0.6 is 0 Å². The number of aliphatic hydroxyl groups is 1. The Labute approximate surface area is 104 Å². The van der Waals surface area contributed by atoms with E-state index in [2.05, 4.69) is 32.6 Å². The third-order valence-electron chi connectivity index (χ3n) is 2.28. The number of nitrogens with two attached hydrogens (primary N) is 1. The number of aliphatic hydroxyl groups excluding tert-OH is 1. The second kappa shape index (κ2) is 6.44. The third kappa shape index (κ3) is 6.11. The van der Waals surface area contributed by atoms with Gasteiger partial charge in [0.25, 0.3) is 0 Å². The van der Waals surface area contributed by atoms with E-state index in [9.17, 15) is 5.11 Å². The van der Waals surface area contributed by atoms with Crippen molar-refractivity contribution < 1.29 is 10.4 Å². The van der Waals surface area contributed by atoms with Crippen LogP contribution in [-0.2, 0) is 0 Å². The average Bonchev–Trinajstić information content (AvgIpc) is 2.28. The Balaban J connectivity index is 2.30. The van der Waals surface area contributed by atoms with Gasteiger partial charge in [0.05, 0.1) is 0 Å². The van der Waals surface area contributed by atoms with E-state index < -0.39 is 6.10 Å². The van der Waals surface area contributed by atoms with Crippen LogP contribution in [0.4, 0.5) is 0 Å². The van der Waals surface area contributed by atoms with E-state index in [1.165, 1.54) is 0 Å². The van der Waals surface area contributed by atoms with Crippen LogP contribution in [0.5, 0.6) is 0 Å². The second-order valence-corrected chi connectivity index (χ2v) is 5.21. The lowest BCUT2D eigenvalue weighted by Gasteiger charge is -2.09. The van der Waals surface area contributed by atoms with Gasteiger partial charge in [0.15, 0.2) is 0 Å². The molecule has 0 amide bonds. The highest BCUT2D eigenvalue weighted by molar-refractivity contribution is 5.17. The first-order chi connectivity index (χ1) is 7.99. The molecule has 0 saturated carbocycles. The minimum atomic E-state index is -0.410. The molecule has 0 fully saturated rings. The maximum atomic E-state index is 9.90. The molecular weight excluding hydrogens is 210 g/mol. The van der Waals surface area contributed by atoms with Crippen molar-refractivity contribution in [3.05, 3.63) is 35.9 Å². The molecule has 0 unspecified atom stereocenters. The van der Waals surface area contributed by atoms with Crippen LogP contribution in [0, 0.1) is 17.3 Å². The standard InChI is InChI=1S/C15H21NO/c1-15(2,3)10-7-11-16-12-14(17)13-8-5-4-6-9-13/h4-6,8-9,14,16-17H,11-12H2,1-3H3/p+1/t14-/m1/s1. The molecular formula is C15H22NO+. The smallest absolute Gasteiger partial charge is 0.137 e. The fourth-order valence-corrected chi connectivity index (χ4v) is 1.44. The first kappa shape index (κ1) is 13.8. The van der Waals surface area contributed by atoms with Gasteiger partial charge in [0.2, 0.25) is 0 Å². The second-order valence-electron chi connectivity index (χ2n) is 5.21. The summed E-state index contributed by atoms with van der Waals surface area (Å²) in [6, 6.07) is 9.73. The van der Waals surface area contributed by atoms with E-state index in [1.807, 2.05) is 35.6 Å². The van der Waals surface area contributed by atoms with Gasteiger partial charge in [0.1, 0.15) is 19.2 Å². The summed E-state index contributed by atoms with van der Waals surface area (Å²) in [4.78, 5) is 0. The highest BCUT2D eigenvalue weighted by Gasteiger charge is 2.07. The fourth-order valence-electron chi connectivity index (χ4n) is 1.44. The Kier molecular flexibility index (Phi) is 5.21. The van der Waals surface area contributed by atoms with Gasteiger partial charge in [-0.3, -0.25) is 0 Å². The topological polar surface area (TPSA) is 36.8 Å². The number of rotatable bonds is 4. The van der Waals surface area contributed by atoms with Crippen molar-refractivity contribution in [2.45, 2.75) is 26.9 Å². The predicted octanol–water partition coefficient (Wildman–Crippen LogP) is 1.33. The molecule has 17 heavy (non-hydrogen) atoms. The average molecular weight is 232 g/mol. The molecule has 0 aliphatic carbocycles. The SMILES string of the molecule is CC(C)(C)C#CC[NH2+]C[C@@H](O)c1ccccc1. The largest absolute Gasteiger partial charge is 0.382 e. The zero-order chi connectivity index (χ0) is 12.7. The lowest BCUT2D eigenvalue weighted by molar-refractivity contribution is -0.651. The van der Waals surface area contributed by atoms with Crippen LogP contribution in [0.3, 0.4) is 0 Å². The minimum Gasteiger partial charge on any atom is -0.382 e. The van der Waals surface area contributed by atoms with E-state index in [0.717, 1.165) is 12.1 Å². The first-order valence-corrected chi connectivity index (χ1v) is 6.04. The molecule has 1 atom stereocenters. The fraction of sp³-hybridized carbons (Fsp3) is 0.467. The molecule has 92 valence electrons. The van der Waals surface area contributed by atoms with Gasteiger partial charge in [-0.1, -0.05) is 36.3 Å². The Hall–Kier alpha value is -1.30. The first-order valence-electron chi connectivity index (χ1n) is 6.04. The zero-order valence-electron chi connectivity index (χ0n) is 10.9. The molecule has 1 aromatic rings. The molecule has 0 aliphatic heterocycles. The summed E-state index contributed by atoms with van der Waals surface area (Å²) in [5, 5.41) is 11.9. The highest BCUT2D eigenvalue weighted by atomic mass is 16.3. The molecule has 1 aromatic carbocycles. The van der Waals surface area contributed by atoms with Crippen LogP contribution in [0.25, 0.3) is 0 Å². The van der Waals surface area contributed by atoms with Gasteiger partial charge in [-0.15, -0.1) is 0 Å². The highest BCUT2D eigenvalue weighted by Crippen LogP contribution is 2.09. The van der Waals surface area contributed by atoms with Gasteiger partial charge in [-0.2, -0.15) is 0 Å². The minimum absolute atomic E-state index is 0.0614. The lowest BCUT2D eigenvalue weighted by atomic mass is 9.98. The summed E-state index contributed by atoms with van der Waals surface area (Å²) < 4.78 is 0. The molecule has 0 aromatic heterocycles. The molecule has 0 bridgehead atoms. The van der Waals surface area contributed by atoms with Crippen LogP contribution in [0.1, 0.15) is 32.4 Å². The van der Waals surface area contributed by atoms with Crippen molar-refractivity contribution in [3.63, 3.8) is 0 Å². The molecule has 2 nitrogen and oxygen atoms in total. The van der Waals surface area contributed by atoms with Crippen molar-refractivity contribution in [1.29, 1.82) is 0 Å². The summed E-state index contributed by atoms with van der Waals surface area (Å²) in [5.74, 6) is 6.29. The van der Waals surface area contributed by atoms with Gasteiger partial charge in [-0.25, -0.2) is 0 Å². The van der Waals surface area contributed by atoms with Gasteiger partial charge in [-0.05, 0) is 32.3 Å². The predicted molar refractivity (Wildman–Crippen MR) is 70.3 cm³/mol. The summed E-state index contributed by atoms with van der Waals surface area (Å²) in [5.41, 5.74) is 1.03. The molecule has 2 heteroatoms. The van der Waals surface area contributed by atoms with Crippen LogP contribution in [0.15, 0.2) is 30.3 Å².